The van der Waals surface area contributed by atoms with Gasteiger partial charge in [0.15, 0.2) is 0 Å². The van der Waals surface area contributed by atoms with E-state index in [1.54, 1.807) is 12.1 Å². The number of rotatable bonds is 9. The molecule has 0 aliphatic carbocycles. The standard InChI is InChI=1S/C17H25NO/c1-2-3-4-5-6-7-8-12-17(19)16-11-9-10-15(13-16)14-18/h9-11,13,17,19H,2-8,12H2,1H3. The second-order valence-electron chi connectivity index (χ2n) is 5.16. The van der Waals surface area contributed by atoms with Gasteiger partial charge in [-0.05, 0) is 24.1 Å². The van der Waals surface area contributed by atoms with E-state index in [-0.39, 0.29) is 0 Å². The van der Waals surface area contributed by atoms with Gasteiger partial charge in [-0.2, -0.15) is 5.26 Å². The Morgan fingerprint density at radius 1 is 1.11 bits per heavy atom. The SMILES string of the molecule is CCCCCCCCCC(O)c1cccc(C#N)c1. The molecular formula is C17H25NO. The number of benzene rings is 1. The minimum absolute atomic E-state index is 0.427. The van der Waals surface area contributed by atoms with Crippen molar-refractivity contribution < 1.29 is 5.11 Å². The van der Waals surface area contributed by atoms with E-state index in [4.69, 9.17) is 5.26 Å². The molecule has 2 heteroatoms. The molecular weight excluding hydrogens is 234 g/mol. The fourth-order valence-electron chi connectivity index (χ4n) is 2.28. The molecule has 2 nitrogen and oxygen atoms in total. The summed E-state index contributed by atoms with van der Waals surface area (Å²) in [6.07, 6.45) is 9.16. The molecule has 0 saturated heterocycles. The Balaban J connectivity index is 2.20. The Hall–Kier alpha value is -1.33. The summed E-state index contributed by atoms with van der Waals surface area (Å²) in [6, 6.07) is 9.39. The van der Waals surface area contributed by atoms with E-state index in [0.717, 1.165) is 18.4 Å². The highest BCUT2D eigenvalue weighted by Crippen LogP contribution is 2.21. The van der Waals surface area contributed by atoms with E-state index >= 15 is 0 Å². The van der Waals surface area contributed by atoms with Gasteiger partial charge in [0.1, 0.15) is 0 Å². The number of hydrogen-bond donors (Lipinski definition) is 1. The van der Waals surface area contributed by atoms with Crippen LogP contribution in [0.25, 0.3) is 0 Å². The monoisotopic (exact) mass is 259 g/mol. The minimum Gasteiger partial charge on any atom is -0.388 e. The van der Waals surface area contributed by atoms with E-state index in [1.807, 2.05) is 12.1 Å². The van der Waals surface area contributed by atoms with Gasteiger partial charge in [0, 0.05) is 0 Å². The minimum atomic E-state index is -0.427. The first-order valence-electron chi connectivity index (χ1n) is 7.46. The van der Waals surface area contributed by atoms with Gasteiger partial charge in [-0.25, -0.2) is 0 Å². The number of aliphatic hydroxyl groups is 1. The Morgan fingerprint density at radius 2 is 1.79 bits per heavy atom. The predicted octanol–water partition coefficient (Wildman–Crippen LogP) is 4.73. The second-order valence-corrected chi connectivity index (χ2v) is 5.16. The molecule has 0 aliphatic rings. The molecule has 1 N–H and O–H groups in total. The van der Waals surface area contributed by atoms with Crippen molar-refractivity contribution in [3.63, 3.8) is 0 Å². The molecule has 104 valence electrons. The van der Waals surface area contributed by atoms with Gasteiger partial charge in [-0.1, -0.05) is 64.0 Å². The first-order chi connectivity index (χ1) is 9.27. The topological polar surface area (TPSA) is 44.0 Å². The van der Waals surface area contributed by atoms with E-state index < -0.39 is 6.10 Å². The van der Waals surface area contributed by atoms with Crippen LogP contribution < -0.4 is 0 Å². The number of aliphatic hydroxyl groups excluding tert-OH is 1. The van der Waals surface area contributed by atoms with E-state index in [0.29, 0.717) is 5.56 Å². The summed E-state index contributed by atoms with van der Waals surface area (Å²) in [5.74, 6) is 0. The van der Waals surface area contributed by atoms with Crippen molar-refractivity contribution in [2.24, 2.45) is 0 Å². The van der Waals surface area contributed by atoms with Crippen LogP contribution in [0.5, 0.6) is 0 Å². The van der Waals surface area contributed by atoms with Crippen LogP contribution in [0.4, 0.5) is 0 Å². The second kappa shape index (κ2) is 9.58. The van der Waals surface area contributed by atoms with Crippen molar-refractivity contribution in [2.75, 3.05) is 0 Å². The lowest BCUT2D eigenvalue weighted by molar-refractivity contribution is 0.163. The van der Waals surface area contributed by atoms with Gasteiger partial charge in [-0.3, -0.25) is 0 Å². The summed E-state index contributed by atoms with van der Waals surface area (Å²) >= 11 is 0. The molecule has 1 rings (SSSR count). The molecule has 0 bridgehead atoms. The first-order valence-corrected chi connectivity index (χ1v) is 7.46. The highest BCUT2D eigenvalue weighted by atomic mass is 16.3. The summed E-state index contributed by atoms with van der Waals surface area (Å²) in [5, 5.41) is 18.9. The Bertz CT molecular complexity index is 394. The molecule has 1 aromatic carbocycles. The number of nitrogens with zero attached hydrogens (tertiary/aromatic N) is 1. The number of hydrogen-bond acceptors (Lipinski definition) is 2. The van der Waals surface area contributed by atoms with Crippen molar-refractivity contribution in [1.82, 2.24) is 0 Å². The molecule has 0 spiro atoms. The maximum atomic E-state index is 10.1. The smallest absolute Gasteiger partial charge is 0.0991 e. The zero-order valence-electron chi connectivity index (χ0n) is 11.9. The molecule has 0 heterocycles. The largest absolute Gasteiger partial charge is 0.388 e. The average molecular weight is 259 g/mol. The highest BCUT2D eigenvalue weighted by molar-refractivity contribution is 5.33. The maximum absolute atomic E-state index is 10.1. The highest BCUT2D eigenvalue weighted by Gasteiger charge is 2.07. The number of unbranched alkanes of at least 4 members (excludes halogenated alkanes) is 6. The zero-order chi connectivity index (χ0) is 13.9. The summed E-state index contributed by atoms with van der Waals surface area (Å²) < 4.78 is 0. The van der Waals surface area contributed by atoms with Crippen molar-refractivity contribution in [2.45, 2.75) is 64.4 Å². The molecule has 0 fully saturated rings. The lowest BCUT2D eigenvalue weighted by atomic mass is 10.0. The zero-order valence-corrected chi connectivity index (χ0v) is 11.9. The van der Waals surface area contributed by atoms with Gasteiger partial charge in [0.25, 0.3) is 0 Å². The van der Waals surface area contributed by atoms with Crippen LogP contribution in [0.2, 0.25) is 0 Å². The van der Waals surface area contributed by atoms with Crippen molar-refractivity contribution >= 4 is 0 Å². The Morgan fingerprint density at radius 3 is 2.47 bits per heavy atom. The van der Waals surface area contributed by atoms with Crippen molar-refractivity contribution in [3.05, 3.63) is 35.4 Å². The normalized spacial score (nSPS) is 12.1. The van der Waals surface area contributed by atoms with Gasteiger partial charge < -0.3 is 5.11 Å². The molecule has 0 saturated carbocycles. The predicted molar refractivity (Wildman–Crippen MR) is 78.7 cm³/mol. The third-order valence-electron chi connectivity index (χ3n) is 3.48. The van der Waals surface area contributed by atoms with Gasteiger partial charge >= 0.3 is 0 Å². The summed E-state index contributed by atoms with van der Waals surface area (Å²) in [7, 11) is 0. The van der Waals surface area contributed by atoms with Gasteiger partial charge in [0.2, 0.25) is 0 Å². The van der Waals surface area contributed by atoms with Crippen molar-refractivity contribution in [1.29, 1.82) is 5.26 Å². The molecule has 0 amide bonds. The van der Waals surface area contributed by atoms with Crippen molar-refractivity contribution in [3.8, 4) is 6.07 Å². The Labute approximate surface area is 117 Å². The quantitative estimate of drug-likeness (QED) is 0.651. The fourth-order valence-corrected chi connectivity index (χ4v) is 2.28. The molecule has 1 atom stereocenters. The summed E-state index contributed by atoms with van der Waals surface area (Å²) in [6.45, 7) is 2.23. The number of nitriles is 1. The Kier molecular flexibility index (Phi) is 7.93. The van der Waals surface area contributed by atoms with Gasteiger partial charge in [-0.15, -0.1) is 0 Å². The van der Waals surface area contributed by atoms with Crippen LogP contribution in [0.3, 0.4) is 0 Å². The van der Waals surface area contributed by atoms with E-state index in [9.17, 15) is 5.11 Å². The third-order valence-corrected chi connectivity index (χ3v) is 3.48. The van der Waals surface area contributed by atoms with Crippen LogP contribution >= 0.6 is 0 Å². The fraction of sp³-hybridized carbons (Fsp3) is 0.588. The molecule has 0 aromatic heterocycles. The average Bonchev–Trinajstić information content (AvgIpc) is 2.46. The molecule has 1 unspecified atom stereocenters. The van der Waals surface area contributed by atoms with Gasteiger partial charge in [0.05, 0.1) is 17.7 Å². The molecule has 1 aromatic rings. The molecule has 19 heavy (non-hydrogen) atoms. The van der Waals surface area contributed by atoms with Crippen LogP contribution in [-0.4, -0.2) is 5.11 Å². The maximum Gasteiger partial charge on any atom is 0.0991 e. The third kappa shape index (κ3) is 6.40. The van der Waals surface area contributed by atoms with E-state index in [2.05, 4.69) is 13.0 Å². The molecule has 0 radical (unpaired) electrons. The summed E-state index contributed by atoms with van der Waals surface area (Å²) in [4.78, 5) is 0. The van der Waals surface area contributed by atoms with Crippen LogP contribution in [0.15, 0.2) is 24.3 Å². The summed E-state index contributed by atoms with van der Waals surface area (Å²) in [5.41, 5.74) is 1.49. The lowest BCUT2D eigenvalue weighted by Gasteiger charge is -2.11. The van der Waals surface area contributed by atoms with Crippen LogP contribution in [0, 0.1) is 11.3 Å². The first kappa shape index (κ1) is 15.7. The van der Waals surface area contributed by atoms with Crippen LogP contribution in [0.1, 0.15) is 75.5 Å². The molecule has 0 aliphatic heterocycles. The van der Waals surface area contributed by atoms with E-state index in [1.165, 1.54) is 38.5 Å². The lowest BCUT2D eigenvalue weighted by Crippen LogP contribution is -1.97. The van der Waals surface area contributed by atoms with Crippen LogP contribution in [-0.2, 0) is 0 Å².